The highest BCUT2D eigenvalue weighted by atomic mass is 35.5. The fraction of sp³-hybridized carbons (Fsp3) is 0.364. The largest absolute Gasteiger partial charge is 0.355 e. The third kappa shape index (κ3) is 7.18. The zero-order valence-electron chi connectivity index (χ0n) is 17.0. The van der Waals surface area contributed by atoms with Crippen LogP contribution in [-0.4, -0.2) is 35.1 Å². The minimum absolute atomic E-state index is 0.161. The first-order valence-corrected chi connectivity index (χ1v) is 11.6. The van der Waals surface area contributed by atoms with Crippen LogP contribution in [0.4, 0.5) is 4.39 Å². The number of nitrogens with zero attached hydrogens (tertiary/aromatic N) is 1. The van der Waals surface area contributed by atoms with Gasteiger partial charge in [-0.1, -0.05) is 48.3 Å². The van der Waals surface area contributed by atoms with Crippen molar-refractivity contribution in [2.24, 2.45) is 0 Å². The molecule has 1 N–H and O–H groups in total. The van der Waals surface area contributed by atoms with Gasteiger partial charge in [-0.2, -0.15) is 0 Å². The summed E-state index contributed by atoms with van der Waals surface area (Å²) in [7, 11) is 0. The number of likely N-dealkylation sites (N-methyl/N-ethyl adjacent to an activating group) is 1. The third-order valence-corrected chi connectivity index (χ3v) is 6.08. The molecule has 0 saturated carbocycles. The molecule has 0 aliphatic heterocycles. The number of hydrogen-bond donors (Lipinski definition) is 1. The predicted molar refractivity (Wildman–Crippen MR) is 122 cm³/mol. The Kier molecular flexibility index (Phi) is 9.95. The number of halogens is 3. The summed E-state index contributed by atoms with van der Waals surface area (Å²) in [6, 6.07) is 10.7. The number of thioether (sulfide) groups is 1. The van der Waals surface area contributed by atoms with Gasteiger partial charge < -0.3 is 10.2 Å². The quantitative estimate of drug-likeness (QED) is 0.511. The van der Waals surface area contributed by atoms with E-state index < -0.39 is 6.04 Å². The first kappa shape index (κ1) is 24.5. The summed E-state index contributed by atoms with van der Waals surface area (Å²) in [6.07, 6.45) is 0.478. The molecule has 0 radical (unpaired) electrons. The zero-order chi connectivity index (χ0) is 22.1. The standard InChI is InChI=1S/C22H25Cl2FN2O2S/c1-3-20(22(29)26-4-2)27(12-16-7-8-17(23)11-19(16)24)21(28)14-30-13-15-5-9-18(25)10-6-15/h5-11,20H,3-4,12-14H2,1-2H3,(H,26,29)/t20-/m1/s1. The van der Waals surface area contributed by atoms with Crippen molar-refractivity contribution in [3.05, 3.63) is 69.5 Å². The minimum Gasteiger partial charge on any atom is -0.355 e. The van der Waals surface area contributed by atoms with E-state index in [1.807, 2.05) is 13.8 Å². The maximum Gasteiger partial charge on any atom is 0.242 e. The van der Waals surface area contributed by atoms with Gasteiger partial charge in [0.1, 0.15) is 11.9 Å². The van der Waals surface area contributed by atoms with Crippen LogP contribution >= 0.6 is 35.0 Å². The van der Waals surface area contributed by atoms with Gasteiger partial charge in [-0.05, 0) is 48.7 Å². The Morgan fingerprint density at radius 1 is 1.13 bits per heavy atom. The van der Waals surface area contributed by atoms with E-state index in [1.54, 1.807) is 35.2 Å². The molecule has 0 fully saturated rings. The van der Waals surface area contributed by atoms with Gasteiger partial charge >= 0.3 is 0 Å². The Balaban J connectivity index is 2.14. The summed E-state index contributed by atoms with van der Waals surface area (Å²) in [6.45, 7) is 4.40. The molecule has 2 amide bonds. The number of carbonyl (C=O) groups excluding carboxylic acids is 2. The van der Waals surface area contributed by atoms with E-state index in [2.05, 4.69) is 5.32 Å². The molecule has 0 bridgehead atoms. The van der Waals surface area contributed by atoms with Crippen LogP contribution in [0.25, 0.3) is 0 Å². The Morgan fingerprint density at radius 2 is 1.83 bits per heavy atom. The number of rotatable bonds is 10. The maximum absolute atomic E-state index is 13.1. The smallest absolute Gasteiger partial charge is 0.242 e. The summed E-state index contributed by atoms with van der Waals surface area (Å²) in [5, 5.41) is 3.76. The second kappa shape index (κ2) is 12.2. The molecule has 8 heteroatoms. The van der Waals surface area contributed by atoms with Crippen molar-refractivity contribution >= 4 is 46.8 Å². The van der Waals surface area contributed by atoms with Gasteiger partial charge in [0.15, 0.2) is 0 Å². The Hall–Kier alpha value is -1.76. The van der Waals surface area contributed by atoms with Gasteiger partial charge in [0.05, 0.1) is 5.75 Å². The molecule has 30 heavy (non-hydrogen) atoms. The summed E-state index contributed by atoms with van der Waals surface area (Å²) < 4.78 is 13.0. The molecule has 0 aliphatic rings. The molecular formula is C22H25Cl2FN2O2S. The van der Waals surface area contributed by atoms with Crippen LogP contribution in [0.2, 0.25) is 10.0 Å². The average molecular weight is 471 g/mol. The molecule has 162 valence electrons. The monoisotopic (exact) mass is 470 g/mol. The van der Waals surface area contributed by atoms with E-state index in [0.29, 0.717) is 28.8 Å². The van der Waals surface area contributed by atoms with Crippen molar-refractivity contribution in [2.45, 2.75) is 38.6 Å². The SMILES string of the molecule is CCNC(=O)[C@@H](CC)N(Cc1ccc(Cl)cc1Cl)C(=O)CSCc1ccc(F)cc1. The van der Waals surface area contributed by atoms with Crippen molar-refractivity contribution in [1.82, 2.24) is 10.2 Å². The van der Waals surface area contributed by atoms with Crippen molar-refractivity contribution in [2.75, 3.05) is 12.3 Å². The van der Waals surface area contributed by atoms with Gasteiger partial charge in [0.25, 0.3) is 0 Å². The van der Waals surface area contributed by atoms with Crippen molar-refractivity contribution in [1.29, 1.82) is 0 Å². The summed E-state index contributed by atoms with van der Waals surface area (Å²) in [5.41, 5.74) is 1.65. The van der Waals surface area contributed by atoms with Gasteiger partial charge in [0.2, 0.25) is 11.8 Å². The molecule has 0 aliphatic carbocycles. The normalized spacial score (nSPS) is 11.8. The molecule has 2 aromatic carbocycles. The van der Waals surface area contributed by atoms with Crippen molar-refractivity contribution < 1.29 is 14.0 Å². The van der Waals surface area contributed by atoms with E-state index in [1.165, 1.54) is 23.9 Å². The van der Waals surface area contributed by atoms with Gasteiger partial charge in [-0.25, -0.2) is 4.39 Å². The Labute approximate surface area is 191 Å². The lowest BCUT2D eigenvalue weighted by Crippen LogP contribution is -2.49. The molecule has 2 rings (SSSR count). The number of benzene rings is 2. The maximum atomic E-state index is 13.1. The second-order valence-corrected chi connectivity index (χ2v) is 8.52. The van der Waals surface area contributed by atoms with Gasteiger partial charge in [-0.15, -0.1) is 11.8 Å². The van der Waals surface area contributed by atoms with E-state index >= 15 is 0 Å². The van der Waals surface area contributed by atoms with Gasteiger partial charge in [-0.3, -0.25) is 9.59 Å². The zero-order valence-corrected chi connectivity index (χ0v) is 19.3. The minimum atomic E-state index is -0.601. The molecule has 2 aromatic rings. The summed E-state index contributed by atoms with van der Waals surface area (Å²) in [4.78, 5) is 27.2. The molecule has 0 heterocycles. The van der Waals surface area contributed by atoms with Crippen molar-refractivity contribution in [3.63, 3.8) is 0 Å². The number of hydrogen-bond acceptors (Lipinski definition) is 3. The second-order valence-electron chi connectivity index (χ2n) is 6.70. The molecule has 4 nitrogen and oxygen atoms in total. The summed E-state index contributed by atoms with van der Waals surface area (Å²) in [5.74, 6) is 0.115. The molecular weight excluding hydrogens is 446 g/mol. The molecule has 0 unspecified atom stereocenters. The first-order valence-electron chi connectivity index (χ1n) is 9.69. The Morgan fingerprint density at radius 3 is 2.43 bits per heavy atom. The predicted octanol–water partition coefficient (Wildman–Crippen LogP) is 5.31. The average Bonchev–Trinajstić information content (AvgIpc) is 2.71. The third-order valence-electron chi connectivity index (χ3n) is 4.50. The van der Waals surface area contributed by atoms with E-state index in [-0.39, 0.29) is 29.9 Å². The lowest BCUT2D eigenvalue weighted by Gasteiger charge is -2.30. The molecule has 0 aromatic heterocycles. The van der Waals surface area contributed by atoms with Crippen LogP contribution in [0.3, 0.4) is 0 Å². The van der Waals surface area contributed by atoms with Crippen LogP contribution in [-0.2, 0) is 21.9 Å². The Bertz CT molecular complexity index is 865. The highest BCUT2D eigenvalue weighted by molar-refractivity contribution is 7.99. The number of nitrogens with one attached hydrogen (secondary N) is 1. The highest BCUT2D eigenvalue weighted by Gasteiger charge is 2.28. The van der Waals surface area contributed by atoms with Crippen LogP contribution in [0.15, 0.2) is 42.5 Å². The lowest BCUT2D eigenvalue weighted by molar-refractivity contribution is -0.139. The fourth-order valence-corrected chi connectivity index (χ4v) is 4.30. The van der Waals surface area contributed by atoms with Crippen LogP contribution < -0.4 is 5.32 Å². The van der Waals surface area contributed by atoms with E-state index in [9.17, 15) is 14.0 Å². The van der Waals surface area contributed by atoms with Crippen LogP contribution in [0.5, 0.6) is 0 Å². The first-order chi connectivity index (χ1) is 14.3. The molecule has 0 spiro atoms. The molecule has 1 atom stereocenters. The lowest BCUT2D eigenvalue weighted by atomic mass is 10.1. The number of carbonyl (C=O) groups is 2. The number of amides is 2. The van der Waals surface area contributed by atoms with Crippen LogP contribution in [0.1, 0.15) is 31.4 Å². The fourth-order valence-electron chi connectivity index (χ4n) is 2.96. The highest BCUT2D eigenvalue weighted by Crippen LogP contribution is 2.24. The van der Waals surface area contributed by atoms with E-state index in [0.717, 1.165) is 11.1 Å². The van der Waals surface area contributed by atoms with E-state index in [4.69, 9.17) is 23.2 Å². The van der Waals surface area contributed by atoms with Crippen molar-refractivity contribution in [3.8, 4) is 0 Å². The topological polar surface area (TPSA) is 49.4 Å². The van der Waals surface area contributed by atoms with Crippen LogP contribution in [0, 0.1) is 5.82 Å². The molecule has 0 saturated heterocycles. The van der Waals surface area contributed by atoms with Gasteiger partial charge in [0, 0.05) is 28.9 Å². The summed E-state index contributed by atoms with van der Waals surface area (Å²) >= 11 is 13.7.